The van der Waals surface area contributed by atoms with Gasteiger partial charge in [0.25, 0.3) is 0 Å². The second-order valence-electron chi connectivity index (χ2n) is 14.2. The third-order valence-corrected chi connectivity index (χ3v) is 11.4. The van der Waals surface area contributed by atoms with Gasteiger partial charge in [0.05, 0.1) is 12.0 Å². The van der Waals surface area contributed by atoms with Crippen LogP contribution in [0.2, 0.25) is 0 Å². The molecule has 0 radical (unpaired) electrons. The lowest BCUT2D eigenvalue weighted by molar-refractivity contribution is 0.794. The van der Waals surface area contributed by atoms with Crippen LogP contribution in [0.3, 0.4) is 0 Å². The van der Waals surface area contributed by atoms with Crippen molar-refractivity contribution in [2.45, 2.75) is 5.41 Å². The number of hydrogen-bond acceptors (Lipinski definition) is 3. The van der Waals surface area contributed by atoms with Crippen molar-refractivity contribution in [3.63, 3.8) is 0 Å². The van der Waals surface area contributed by atoms with Gasteiger partial charge in [0, 0.05) is 16.7 Å². The summed E-state index contributed by atoms with van der Waals surface area (Å²) in [5.41, 5.74) is 14.8. The lowest BCUT2D eigenvalue weighted by atomic mass is 9.70. The van der Waals surface area contributed by atoms with Gasteiger partial charge in [-0.2, -0.15) is 0 Å². The Hall–Kier alpha value is -7.48. The molecule has 0 fully saturated rings. The van der Waals surface area contributed by atoms with Crippen LogP contribution < -0.4 is 0 Å². The number of fused-ring (bicyclic) bond motifs is 11. The molecule has 4 nitrogen and oxygen atoms in total. The molecule has 8 aromatic carbocycles. The minimum atomic E-state index is -0.543. The molecule has 0 saturated heterocycles. The predicted octanol–water partition coefficient (Wildman–Crippen LogP) is 12.6. The Bertz CT molecular complexity index is 3010. The Morgan fingerprint density at radius 3 is 1.75 bits per heavy atom. The fraction of sp³-hybridized carbons (Fsp3) is 0.0196. The average molecular weight is 699 g/mol. The van der Waals surface area contributed by atoms with Crippen LogP contribution in [0.5, 0.6) is 0 Å². The molecule has 11 rings (SSSR count). The van der Waals surface area contributed by atoms with E-state index in [2.05, 4.69) is 150 Å². The van der Waals surface area contributed by atoms with E-state index >= 15 is 0 Å². The fourth-order valence-corrected chi connectivity index (χ4v) is 9.07. The van der Waals surface area contributed by atoms with Crippen LogP contribution in [0.4, 0.5) is 5.69 Å². The predicted molar refractivity (Wildman–Crippen MR) is 222 cm³/mol. The first-order chi connectivity index (χ1) is 27.2. The first-order valence-electron chi connectivity index (χ1n) is 18.5. The van der Waals surface area contributed by atoms with E-state index in [0.29, 0.717) is 23.2 Å². The monoisotopic (exact) mass is 698 g/mol. The number of aromatic nitrogens is 3. The van der Waals surface area contributed by atoms with Crippen molar-refractivity contribution in [1.29, 1.82) is 0 Å². The van der Waals surface area contributed by atoms with Crippen molar-refractivity contribution in [2.75, 3.05) is 0 Å². The van der Waals surface area contributed by atoms with E-state index in [1.54, 1.807) is 0 Å². The second kappa shape index (κ2) is 12.0. The molecule has 0 amide bonds. The molecule has 0 aliphatic heterocycles. The second-order valence-corrected chi connectivity index (χ2v) is 14.2. The third kappa shape index (κ3) is 4.54. The Morgan fingerprint density at radius 1 is 0.382 bits per heavy atom. The molecule has 0 atom stereocenters. The molecule has 9 aromatic rings. The van der Waals surface area contributed by atoms with E-state index < -0.39 is 5.41 Å². The summed E-state index contributed by atoms with van der Waals surface area (Å²) in [5.74, 6) is 1.88. The third-order valence-electron chi connectivity index (χ3n) is 11.4. The largest absolute Gasteiger partial charge is 0.238 e. The van der Waals surface area contributed by atoms with E-state index in [9.17, 15) is 0 Å². The van der Waals surface area contributed by atoms with Crippen LogP contribution in [-0.2, 0) is 5.41 Å². The molecule has 1 aromatic heterocycles. The van der Waals surface area contributed by atoms with Gasteiger partial charge < -0.3 is 0 Å². The number of benzene rings is 8. The van der Waals surface area contributed by atoms with Gasteiger partial charge in [0.1, 0.15) is 0 Å². The van der Waals surface area contributed by atoms with Crippen molar-refractivity contribution in [2.24, 2.45) is 0 Å². The van der Waals surface area contributed by atoms with Gasteiger partial charge in [-0.15, -0.1) is 0 Å². The molecule has 0 N–H and O–H groups in total. The summed E-state index contributed by atoms with van der Waals surface area (Å²) in [6.45, 7) is 7.99. The number of hydrogen-bond donors (Lipinski definition) is 0. The molecule has 1 heterocycles. The summed E-state index contributed by atoms with van der Waals surface area (Å²) in [5, 5.41) is 2.23. The van der Waals surface area contributed by atoms with Gasteiger partial charge in [-0.3, -0.25) is 0 Å². The highest BCUT2D eigenvalue weighted by Crippen LogP contribution is 2.64. The zero-order chi connectivity index (χ0) is 36.5. The summed E-state index contributed by atoms with van der Waals surface area (Å²) < 4.78 is 0. The van der Waals surface area contributed by atoms with E-state index in [-0.39, 0.29) is 0 Å². The molecule has 2 aliphatic carbocycles. The smallest absolute Gasteiger partial charge is 0.187 e. The van der Waals surface area contributed by atoms with Crippen LogP contribution in [0.1, 0.15) is 22.3 Å². The van der Waals surface area contributed by atoms with Crippen molar-refractivity contribution >= 4 is 16.5 Å². The van der Waals surface area contributed by atoms with Gasteiger partial charge in [-0.25, -0.2) is 19.8 Å². The van der Waals surface area contributed by atoms with Gasteiger partial charge in [-0.1, -0.05) is 176 Å². The average Bonchev–Trinajstić information content (AvgIpc) is 3.73. The standard InChI is InChI=1S/C51H30N4/c1-52-36-28-29-42-46(31-36)51(43-25-9-7-21-39(43)40-22-8-10-26-44(40)51)45-27-13-23-38(47(42)45)34-18-11-19-35(30-34)49-53-48(33-15-3-2-4-16-33)54-50(55-49)41-24-12-17-32-14-5-6-20-37(32)41/h2-31H. The lowest BCUT2D eigenvalue weighted by Crippen LogP contribution is -2.25. The van der Waals surface area contributed by atoms with Crippen molar-refractivity contribution < 1.29 is 0 Å². The molecule has 2 aliphatic rings. The maximum atomic E-state index is 7.99. The number of nitrogens with zero attached hydrogens (tertiary/aromatic N) is 4. The Morgan fingerprint density at radius 2 is 0.945 bits per heavy atom. The summed E-state index contributed by atoms with van der Waals surface area (Å²) in [6, 6.07) is 63.8. The van der Waals surface area contributed by atoms with Crippen molar-refractivity contribution in [1.82, 2.24) is 15.0 Å². The molecule has 1 spiro atoms. The van der Waals surface area contributed by atoms with E-state index in [0.717, 1.165) is 49.7 Å². The van der Waals surface area contributed by atoms with Crippen LogP contribution in [0.15, 0.2) is 182 Å². The van der Waals surface area contributed by atoms with Crippen molar-refractivity contribution in [3.8, 4) is 67.5 Å². The minimum absolute atomic E-state index is 0.543. The van der Waals surface area contributed by atoms with E-state index in [1.165, 1.54) is 33.4 Å². The fourth-order valence-electron chi connectivity index (χ4n) is 9.07. The van der Waals surface area contributed by atoms with Crippen LogP contribution in [-0.4, -0.2) is 15.0 Å². The highest BCUT2D eigenvalue weighted by atomic mass is 15.0. The topological polar surface area (TPSA) is 43.0 Å². The molecular formula is C51H30N4. The van der Waals surface area contributed by atoms with Crippen LogP contribution in [0.25, 0.3) is 83.2 Å². The highest BCUT2D eigenvalue weighted by Gasteiger charge is 2.52. The Balaban J connectivity index is 1.13. The van der Waals surface area contributed by atoms with Crippen molar-refractivity contribution in [3.05, 3.63) is 216 Å². The molecule has 0 unspecified atom stereocenters. The Labute approximate surface area is 318 Å². The normalized spacial score (nSPS) is 12.9. The molecule has 55 heavy (non-hydrogen) atoms. The zero-order valence-electron chi connectivity index (χ0n) is 29.6. The number of rotatable bonds is 4. The quantitative estimate of drug-likeness (QED) is 0.172. The Kier molecular flexibility index (Phi) is 6.80. The SMILES string of the molecule is [C-]#[N+]c1ccc2c(c1)C1(c3ccccc3-c3ccccc31)c1cccc(-c3cccc(-c4nc(-c5ccccc5)nc(-c5cccc6ccccc56)n4)c3)c1-2. The van der Waals surface area contributed by atoms with Gasteiger partial charge in [-0.05, 0) is 72.5 Å². The summed E-state index contributed by atoms with van der Waals surface area (Å²) in [4.78, 5) is 19.2. The molecule has 4 heteroatoms. The highest BCUT2D eigenvalue weighted by molar-refractivity contribution is 6.01. The van der Waals surface area contributed by atoms with Gasteiger partial charge in [0.2, 0.25) is 0 Å². The van der Waals surface area contributed by atoms with E-state index in [4.69, 9.17) is 21.5 Å². The lowest BCUT2D eigenvalue weighted by Gasteiger charge is -2.30. The first kappa shape index (κ1) is 31.1. The van der Waals surface area contributed by atoms with Gasteiger partial charge >= 0.3 is 0 Å². The first-order valence-corrected chi connectivity index (χ1v) is 18.5. The maximum Gasteiger partial charge on any atom is 0.187 e. The molecule has 254 valence electrons. The maximum absolute atomic E-state index is 7.99. The van der Waals surface area contributed by atoms with Gasteiger partial charge in [0.15, 0.2) is 23.2 Å². The van der Waals surface area contributed by atoms with Crippen LogP contribution in [0, 0.1) is 6.57 Å². The molecular weight excluding hydrogens is 669 g/mol. The minimum Gasteiger partial charge on any atom is -0.238 e. The zero-order valence-corrected chi connectivity index (χ0v) is 29.6. The molecule has 0 bridgehead atoms. The molecule has 0 saturated carbocycles. The van der Waals surface area contributed by atoms with E-state index in [1.807, 2.05) is 36.4 Å². The summed E-state index contributed by atoms with van der Waals surface area (Å²) >= 11 is 0. The summed E-state index contributed by atoms with van der Waals surface area (Å²) in [7, 11) is 0. The van der Waals surface area contributed by atoms with Crippen LogP contribution >= 0.6 is 0 Å². The summed E-state index contributed by atoms with van der Waals surface area (Å²) in [6.07, 6.45) is 0.